The first kappa shape index (κ1) is 30.0. The summed E-state index contributed by atoms with van der Waals surface area (Å²) in [6.45, 7) is 0. The van der Waals surface area contributed by atoms with Crippen molar-refractivity contribution in [2.75, 3.05) is 4.90 Å². The van der Waals surface area contributed by atoms with Crippen molar-refractivity contribution in [3.8, 4) is 0 Å². The van der Waals surface area contributed by atoms with Crippen molar-refractivity contribution in [1.29, 1.82) is 0 Å². The second kappa shape index (κ2) is 12.4. The summed E-state index contributed by atoms with van der Waals surface area (Å²) in [6.07, 6.45) is 2.24. The minimum atomic E-state index is -0.0885. The fourth-order valence-electron chi connectivity index (χ4n) is 7.65. The molecular weight excluding hydrogens is 635 g/mol. The van der Waals surface area contributed by atoms with Crippen LogP contribution < -0.4 is 10.2 Å². The Morgan fingerprint density at radius 3 is 1.92 bits per heavy atom. The predicted octanol–water partition coefficient (Wildman–Crippen LogP) is 12.5. The van der Waals surface area contributed by atoms with Crippen LogP contribution in [0.4, 0.5) is 17.1 Å². The number of aliphatic imine (C=N–C) groups is 1. The average Bonchev–Trinajstić information content (AvgIpc) is 3.61. The van der Waals surface area contributed by atoms with Gasteiger partial charge in [-0.15, -0.1) is 0 Å². The molecule has 1 unspecified atom stereocenters. The van der Waals surface area contributed by atoms with Crippen LogP contribution in [0.25, 0.3) is 49.2 Å². The van der Waals surface area contributed by atoms with E-state index >= 15 is 0 Å². The number of nitrogens with zero attached hydrogens (tertiary/aromatic N) is 2. The van der Waals surface area contributed by atoms with Crippen LogP contribution in [0.3, 0.4) is 0 Å². The summed E-state index contributed by atoms with van der Waals surface area (Å²) in [5, 5.41) is 10.7. The third-order valence-corrected chi connectivity index (χ3v) is 10.1. The molecule has 1 aliphatic heterocycles. The molecule has 2 heterocycles. The zero-order valence-electron chi connectivity index (χ0n) is 28.3. The Morgan fingerprint density at radius 1 is 0.519 bits per heavy atom. The molecule has 9 aromatic rings. The molecule has 0 amide bonds. The highest BCUT2D eigenvalue weighted by molar-refractivity contribution is 6.27. The summed E-state index contributed by atoms with van der Waals surface area (Å²) < 4.78 is 6.80. The van der Waals surface area contributed by atoms with Gasteiger partial charge < -0.3 is 14.6 Å². The van der Waals surface area contributed by atoms with E-state index in [-0.39, 0.29) is 6.04 Å². The molecule has 10 rings (SSSR count). The molecule has 246 valence electrons. The first-order chi connectivity index (χ1) is 25.8. The standard InChI is InChI=1S/C48H33N3O/c1-4-16-33(17-5-1)41-30-42(35-28-27-32-15-10-11-18-34(32)29-35)50-48(49-41)40-25-14-26-44-47(40)46-39-24-13-12-23-38(39)43(31-45(46)52-44)51(36-19-6-2-7-20-36)37-21-8-3-9-22-37/h1-31,42H,(H,49,50). The van der Waals surface area contributed by atoms with Crippen molar-refractivity contribution in [2.24, 2.45) is 4.99 Å². The van der Waals surface area contributed by atoms with E-state index in [1.54, 1.807) is 0 Å². The van der Waals surface area contributed by atoms with Gasteiger partial charge in [-0.3, -0.25) is 0 Å². The summed E-state index contributed by atoms with van der Waals surface area (Å²) in [5.74, 6) is 0.816. The second-order valence-electron chi connectivity index (χ2n) is 13.2. The molecule has 4 heteroatoms. The number of furan rings is 1. The van der Waals surface area contributed by atoms with Gasteiger partial charge in [0, 0.05) is 39.2 Å². The topological polar surface area (TPSA) is 40.8 Å². The van der Waals surface area contributed by atoms with Gasteiger partial charge >= 0.3 is 0 Å². The highest BCUT2D eigenvalue weighted by Crippen LogP contribution is 2.45. The van der Waals surface area contributed by atoms with E-state index in [0.717, 1.165) is 72.4 Å². The van der Waals surface area contributed by atoms with Gasteiger partial charge in [0.1, 0.15) is 17.0 Å². The van der Waals surface area contributed by atoms with Gasteiger partial charge in [-0.1, -0.05) is 140 Å². The molecule has 0 saturated heterocycles. The van der Waals surface area contributed by atoms with Crippen LogP contribution >= 0.6 is 0 Å². The molecule has 0 spiro atoms. The SMILES string of the molecule is C1=C(c2ccccc2)N=C(c2cccc3oc4cc(N(c5ccccc5)c5ccccc5)c5ccccc5c4c23)NC1c1ccc2ccccc2c1. The molecule has 8 aromatic carbocycles. The first-order valence-electron chi connectivity index (χ1n) is 17.7. The summed E-state index contributed by atoms with van der Waals surface area (Å²) in [7, 11) is 0. The van der Waals surface area contributed by atoms with Gasteiger partial charge in [0.25, 0.3) is 0 Å². The normalized spacial score (nSPS) is 14.3. The van der Waals surface area contributed by atoms with Crippen LogP contribution in [0, 0.1) is 0 Å². The van der Waals surface area contributed by atoms with E-state index in [2.05, 4.69) is 192 Å². The highest BCUT2D eigenvalue weighted by Gasteiger charge is 2.25. The summed E-state index contributed by atoms with van der Waals surface area (Å²) in [4.78, 5) is 7.63. The van der Waals surface area contributed by atoms with Crippen molar-refractivity contribution in [3.63, 3.8) is 0 Å². The van der Waals surface area contributed by atoms with E-state index in [1.807, 2.05) is 6.07 Å². The third kappa shape index (κ3) is 5.12. The molecule has 1 atom stereocenters. The number of hydrogen-bond donors (Lipinski definition) is 1. The highest BCUT2D eigenvalue weighted by atomic mass is 16.3. The fourth-order valence-corrected chi connectivity index (χ4v) is 7.65. The zero-order valence-corrected chi connectivity index (χ0v) is 28.3. The first-order valence-corrected chi connectivity index (χ1v) is 17.7. The molecule has 0 aliphatic carbocycles. The van der Waals surface area contributed by atoms with Crippen LogP contribution in [0.5, 0.6) is 0 Å². The van der Waals surface area contributed by atoms with Gasteiger partial charge in [0.2, 0.25) is 0 Å². The number of para-hydroxylation sites is 2. The lowest BCUT2D eigenvalue weighted by atomic mass is 9.96. The molecule has 1 aliphatic rings. The van der Waals surface area contributed by atoms with Gasteiger partial charge in [-0.25, -0.2) is 4.99 Å². The van der Waals surface area contributed by atoms with Crippen molar-refractivity contribution >= 4 is 72.1 Å². The Bertz CT molecular complexity index is 2780. The Hall–Kier alpha value is -6.91. The van der Waals surface area contributed by atoms with Crippen molar-refractivity contribution in [1.82, 2.24) is 5.32 Å². The van der Waals surface area contributed by atoms with Crippen molar-refractivity contribution in [3.05, 3.63) is 205 Å². The average molecular weight is 668 g/mol. The van der Waals surface area contributed by atoms with E-state index in [0.29, 0.717) is 0 Å². The molecule has 0 fully saturated rings. The quantitative estimate of drug-likeness (QED) is 0.192. The maximum Gasteiger partial charge on any atom is 0.138 e. The summed E-state index contributed by atoms with van der Waals surface area (Å²) >= 11 is 0. The smallest absolute Gasteiger partial charge is 0.138 e. The predicted molar refractivity (Wildman–Crippen MR) is 217 cm³/mol. The summed E-state index contributed by atoms with van der Waals surface area (Å²) in [6, 6.07) is 63.8. The molecule has 0 radical (unpaired) electrons. The maximum atomic E-state index is 6.80. The van der Waals surface area contributed by atoms with Crippen molar-refractivity contribution in [2.45, 2.75) is 6.04 Å². The Labute approximate surface area is 301 Å². The van der Waals surface area contributed by atoms with E-state index < -0.39 is 0 Å². The van der Waals surface area contributed by atoms with Gasteiger partial charge in [0.05, 0.1) is 17.4 Å². The Morgan fingerprint density at radius 2 is 1.17 bits per heavy atom. The number of fused-ring (bicyclic) bond motifs is 6. The second-order valence-corrected chi connectivity index (χ2v) is 13.2. The Balaban J connectivity index is 1.19. The number of rotatable bonds is 6. The maximum absolute atomic E-state index is 6.80. The third-order valence-electron chi connectivity index (χ3n) is 10.1. The number of amidine groups is 1. The lowest BCUT2D eigenvalue weighted by Gasteiger charge is -2.27. The molecular formula is C48H33N3O. The molecule has 4 nitrogen and oxygen atoms in total. The Kier molecular flexibility index (Phi) is 7.17. The fraction of sp³-hybridized carbons (Fsp3) is 0.0208. The largest absolute Gasteiger partial charge is 0.456 e. The minimum Gasteiger partial charge on any atom is -0.456 e. The number of hydrogen-bond acceptors (Lipinski definition) is 4. The minimum absolute atomic E-state index is 0.0885. The molecule has 0 saturated carbocycles. The number of nitrogens with one attached hydrogen (secondary N) is 1. The van der Waals surface area contributed by atoms with Gasteiger partial charge in [0.15, 0.2) is 0 Å². The molecule has 0 bridgehead atoms. The van der Waals surface area contributed by atoms with Crippen LogP contribution in [0.15, 0.2) is 197 Å². The van der Waals surface area contributed by atoms with E-state index in [4.69, 9.17) is 9.41 Å². The van der Waals surface area contributed by atoms with Crippen LogP contribution in [-0.4, -0.2) is 5.84 Å². The molecule has 52 heavy (non-hydrogen) atoms. The van der Waals surface area contributed by atoms with Gasteiger partial charge in [-0.2, -0.15) is 0 Å². The lowest BCUT2D eigenvalue weighted by Crippen LogP contribution is -2.31. The molecule has 1 N–H and O–H groups in total. The number of anilines is 3. The lowest BCUT2D eigenvalue weighted by molar-refractivity contribution is 0.669. The zero-order chi connectivity index (χ0) is 34.4. The van der Waals surface area contributed by atoms with Crippen LogP contribution in [-0.2, 0) is 0 Å². The summed E-state index contributed by atoms with van der Waals surface area (Å²) in [5.41, 5.74) is 9.06. The number of benzene rings is 8. The van der Waals surface area contributed by atoms with E-state index in [1.165, 1.54) is 16.3 Å². The van der Waals surface area contributed by atoms with E-state index in [9.17, 15) is 0 Å². The van der Waals surface area contributed by atoms with Crippen molar-refractivity contribution < 1.29 is 4.42 Å². The van der Waals surface area contributed by atoms with Crippen LogP contribution in [0.1, 0.15) is 22.7 Å². The van der Waals surface area contributed by atoms with Crippen LogP contribution in [0.2, 0.25) is 0 Å². The molecule has 1 aromatic heterocycles. The monoisotopic (exact) mass is 667 g/mol. The van der Waals surface area contributed by atoms with Gasteiger partial charge in [-0.05, 0) is 69.8 Å².